The summed E-state index contributed by atoms with van der Waals surface area (Å²) in [6.45, 7) is 0. The Hall–Kier alpha value is -2.06. The zero-order chi connectivity index (χ0) is 16.3. The van der Waals surface area contributed by atoms with Gasteiger partial charge < -0.3 is 9.84 Å². The second-order valence-corrected chi connectivity index (χ2v) is 6.82. The van der Waals surface area contributed by atoms with Crippen LogP contribution in [0.2, 0.25) is 0 Å². The SMILES string of the molecule is COc1cc(S(=O)(=O)Nc2cccc(C(=O)O)c2)ccc1Br. The number of rotatable bonds is 5. The number of aromatic carboxylic acids is 1. The van der Waals surface area contributed by atoms with Crippen LogP contribution in [-0.2, 0) is 10.0 Å². The van der Waals surface area contributed by atoms with E-state index < -0.39 is 16.0 Å². The second-order valence-electron chi connectivity index (χ2n) is 4.29. The van der Waals surface area contributed by atoms with Crippen molar-refractivity contribution in [3.8, 4) is 5.75 Å². The van der Waals surface area contributed by atoms with Gasteiger partial charge in [0, 0.05) is 11.8 Å². The standard InChI is InChI=1S/C14H12BrNO5S/c1-21-13-8-11(5-6-12(13)15)22(19,20)16-10-4-2-3-9(7-10)14(17)18/h2-8,16H,1H3,(H,17,18). The summed E-state index contributed by atoms with van der Waals surface area (Å²) in [5.41, 5.74) is 0.162. The van der Waals surface area contributed by atoms with Crippen LogP contribution in [0.15, 0.2) is 51.8 Å². The van der Waals surface area contributed by atoms with Gasteiger partial charge in [0.15, 0.2) is 0 Å². The Balaban J connectivity index is 2.35. The Morgan fingerprint density at radius 3 is 2.59 bits per heavy atom. The first-order chi connectivity index (χ1) is 10.3. The third kappa shape index (κ3) is 3.58. The molecular weight excluding hydrogens is 374 g/mol. The Bertz CT molecular complexity index is 820. The molecule has 22 heavy (non-hydrogen) atoms. The van der Waals surface area contributed by atoms with Crippen molar-refractivity contribution < 1.29 is 23.1 Å². The minimum atomic E-state index is -3.85. The fraction of sp³-hybridized carbons (Fsp3) is 0.0714. The van der Waals surface area contributed by atoms with Gasteiger partial charge >= 0.3 is 5.97 Å². The number of nitrogens with one attached hydrogen (secondary N) is 1. The van der Waals surface area contributed by atoms with Crippen LogP contribution in [0.5, 0.6) is 5.75 Å². The molecule has 0 unspecified atom stereocenters. The highest BCUT2D eigenvalue weighted by molar-refractivity contribution is 9.10. The van der Waals surface area contributed by atoms with Crippen molar-refractivity contribution in [2.75, 3.05) is 11.8 Å². The number of carboxylic acid groups (broad SMARTS) is 1. The predicted molar refractivity (Wildman–Crippen MR) is 84.9 cm³/mol. The van der Waals surface area contributed by atoms with Gasteiger partial charge in [-0.2, -0.15) is 0 Å². The van der Waals surface area contributed by atoms with Crippen LogP contribution >= 0.6 is 15.9 Å². The van der Waals surface area contributed by atoms with Gasteiger partial charge in [0.1, 0.15) is 5.75 Å². The van der Waals surface area contributed by atoms with Gasteiger partial charge in [-0.15, -0.1) is 0 Å². The van der Waals surface area contributed by atoms with Gasteiger partial charge in [0.05, 0.1) is 22.0 Å². The lowest BCUT2D eigenvalue weighted by Gasteiger charge is -2.10. The highest BCUT2D eigenvalue weighted by Gasteiger charge is 2.17. The van der Waals surface area contributed by atoms with Crippen molar-refractivity contribution in [3.63, 3.8) is 0 Å². The number of hydrogen-bond donors (Lipinski definition) is 2. The van der Waals surface area contributed by atoms with Gasteiger partial charge in [-0.1, -0.05) is 6.07 Å². The number of carboxylic acids is 1. The maximum Gasteiger partial charge on any atom is 0.335 e. The summed E-state index contributed by atoms with van der Waals surface area (Å²) >= 11 is 3.24. The third-order valence-electron chi connectivity index (χ3n) is 2.79. The summed E-state index contributed by atoms with van der Waals surface area (Å²) in [6.07, 6.45) is 0. The average Bonchev–Trinajstić information content (AvgIpc) is 2.47. The quantitative estimate of drug-likeness (QED) is 0.824. The molecule has 0 saturated heterocycles. The predicted octanol–water partition coefficient (Wildman–Crippen LogP) is 2.96. The minimum Gasteiger partial charge on any atom is -0.496 e. The topological polar surface area (TPSA) is 92.7 Å². The largest absolute Gasteiger partial charge is 0.496 e. The summed E-state index contributed by atoms with van der Waals surface area (Å²) in [4.78, 5) is 10.9. The minimum absolute atomic E-state index is 0.00594. The summed E-state index contributed by atoms with van der Waals surface area (Å²) < 4.78 is 32.7. The molecule has 0 aliphatic rings. The molecule has 0 aliphatic heterocycles. The van der Waals surface area contributed by atoms with Crippen molar-refractivity contribution in [2.24, 2.45) is 0 Å². The average molecular weight is 386 g/mol. The van der Waals surface area contributed by atoms with Crippen molar-refractivity contribution in [1.29, 1.82) is 0 Å². The van der Waals surface area contributed by atoms with E-state index in [9.17, 15) is 13.2 Å². The van der Waals surface area contributed by atoms with E-state index in [0.29, 0.717) is 10.2 Å². The molecule has 0 fully saturated rings. The lowest BCUT2D eigenvalue weighted by Crippen LogP contribution is -2.13. The van der Waals surface area contributed by atoms with E-state index >= 15 is 0 Å². The Morgan fingerprint density at radius 2 is 1.95 bits per heavy atom. The summed E-state index contributed by atoms with van der Waals surface area (Å²) in [6, 6.07) is 9.90. The van der Waals surface area contributed by atoms with E-state index in [0.717, 1.165) is 0 Å². The van der Waals surface area contributed by atoms with Crippen LogP contribution < -0.4 is 9.46 Å². The Morgan fingerprint density at radius 1 is 1.23 bits per heavy atom. The van der Waals surface area contributed by atoms with Crippen LogP contribution in [0, 0.1) is 0 Å². The molecule has 2 N–H and O–H groups in total. The van der Waals surface area contributed by atoms with Crippen LogP contribution in [0.25, 0.3) is 0 Å². The van der Waals surface area contributed by atoms with Gasteiger partial charge in [0.2, 0.25) is 0 Å². The smallest absolute Gasteiger partial charge is 0.335 e. The zero-order valence-corrected chi connectivity index (χ0v) is 13.8. The summed E-state index contributed by atoms with van der Waals surface area (Å²) in [5.74, 6) is -0.756. The van der Waals surface area contributed by atoms with E-state index in [2.05, 4.69) is 20.7 Å². The van der Waals surface area contributed by atoms with Crippen molar-refractivity contribution in [1.82, 2.24) is 0 Å². The number of benzene rings is 2. The van der Waals surface area contributed by atoms with Gasteiger partial charge in [-0.05, 0) is 46.3 Å². The Kier molecular flexibility index (Phi) is 4.72. The number of anilines is 1. The van der Waals surface area contributed by atoms with Crippen LogP contribution in [-0.4, -0.2) is 26.6 Å². The van der Waals surface area contributed by atoms with E-state index in [4.69, 9.17) is 9.84 Å². The Labute approximate surface area is 135 Å². The first kappa shape index (κ1) is 16.3. The maximum absolute atomic E-state index is 12.3. The zero-order valence-electron chi connectivity index (χ0n) is 11.4. The van der Waals surface area contributed by atoms with E-state index in [1.54, 1.807) is 6.07 Å². The molecule has 0 atom stereocenters. The molecule has 0 radical (unpaired) electrons. The van der Waals surface area contributed by atoms with E-state index in [1.807, 2.05) is 0 Å². The first-order valence-corrected chi connectivity index (χ1v) is 8.31. The molecule has 2 aromatic rings. The van der Waals surface area contributed by atoms with E-state index in [1.165, 1.54) is 43.5 Å². The molecule has 2 aromatic carbocycles. The van der Waals surface area contributed by atoms with Crippen molar-refractivity contribution in [2.45, 2.75) is 4.90 Å². The fourth-order valence-electron chi connectivity index (χ4n) is 1.74. The molecule has 0 aliphatic carbocycles. The summed E-state index contributed by atoms with van der Waals surface area (Å²) in [7, 11) is -2.42. The second kappa shape index (κ2) is 6.37. The van der Waals surface area contributed by atoms with Gasteiger partial charge in [-0.3, -0.25) is 4.72 Å². The number of hydrogen-bond acceptors (Lipinski definition) is 4. The normalized spacial score (nSPS) is 11.0. The number of ether oxygens (including phenoxy) is 1. The van der Waals surface area contributed by atoms with Crippen molar-refractivity contribution in [3.05, 3.63) is 52.5 Å². The molecular formula is C14H12BrNO5S. The third-order valence-corrected chi connectivity index (χ3v) is 4.83. The molecule has 0 saturated carbocycles. The molecule has 0 amide bonds. The van der Waals surface area contributed by atoms with Crippen molar-refractivity contribution >= 4 is 37.6 Å². The van der Waals surface area contributed by atoms with Gasteiger partial charge in [-0.25, -0.2) is 13.2 Å². The van der Waals surface area contributed by atoms with Crippen LogP contribution in [0.1, 0.15) is 10.4 Å². The molecule has 0 heterocycles. The fourth-order valence-corrected chi connectivity index (χ4v) is 3.21. The molecule has 0 spiro atoms. The maximum atomic E-state index is 12.3. The molecule has 2 rings (SSSR count). The van der Waals surface area contributed by atoms with Gasteiger partial charge in [0.25, 0.3) is 10.0 Å². The van der Waals surface area contributed by atoms with Crippen LogP contribution in [0.3, 0.4) is 0 Å². The molecule has 0 bridgehead atoms. The summed E-state index contributed by atoms with van der Waals surface area (Å²) in [5, 5.41) is 8.92. The molecule has 6 nitrogen and oxygen atoms in total. The van der Waals surface area contributed by atoms with Crippen LogP contribution in [0.4, 0.5) is 5.69 Å². The number of sulfonamides is 1. The lowest BCUT2D eigenvalue weighted by atomic mass is 10.2. The first-order valence-electron chi connectivity index (χ1n) is 6.03. The number of halogens is 1. The highest BCUT2D eigenvalue weighted by atomic mass is 79.9. The molecule has 0 aromatic heterocycles. The monoisotopic (exact) mass is 385 g/mol. The molecule has 8 heteroatoms. The lowest BCUT2D eigenvalue weighted by molar-refractivity contribution is 0.0697. The number of methoxy groups -OCH3 is 1. The highest BCUT2D eigenvalue weighted by Crippen LogP contribution is 2.28. The number of carbonyl (C=O) groups is 1. The van der Waals surface area contributed by atoms with E-state index in [-0.39, 0.29) is 16.1 Å². The molecule has 116 valence electrons.